The zero-order valence-corrected chi connectivity index (χ0v) is 21.4. The van der Waals surface area contributed by atoms with Crippen molar-refractivity contribution < 1.29 is 9.47 Å². The monoisotopic (exact) mass is 550 g/mol. The van der Waals surface area contributed by atoms with Gasteiger partial charge in [-0.15, -0.1) is 24.0 Å². The van der Waals surface area contributed by atoms with Crippen LogP contribution < -0.4 is 20.1 Å². The Hall–Kier alpha value is -2.00. The van der Waals surface area contributed by atoms with E-state index in [1.807, 2.05) is 13.1 Å². The predicted octanol–water partition coefficient (Wildman–Crippen LogP) is 4.18. The molecule has 174 valence electrons. The van der Waals surface area contributed by atoms with Gasteiger partial charge < -0.3 is 20.1 Å². The third kappa shape index (κ3) is 6.75. The highest BCUT2D eigenvalue weighted by molar-refractivity contribution is 14.0. The van der Waals surface area contributed by atoms with E-state index in [1.54, 1.807) is 0 Å². The first-order valence-electron chi connectivity index (χ1n) is 11.3. The molecule has 7 heteroatoms. The molecule has 0 aromatic heterocycles. The van der Waals surface area contributed by atoms with E-state index in [1.165, 1.54) is 5.56 Å². The lowest BCUT2D eigenvalue weighted by molar-refractivity contribution is 0.134. The first kappa shape index (κ1) is 24.6. The average molecular weight is 550 g/mol. The Balaban J connectivity index is 0.00000289. The van der Waals surface area contributed by atoms with E-state index >= 15 is 0 Å². The fraction of sp³-hybridized carbons (Fsp3) is 0.480. The second-order valence-corrected chi connectivity index (χ2v) is 8.43. The zero-order valence-electron chi connectivity index (χ0n) is 19.0. The molecule has 32 heavy (non-hydrogen) atoms. The van der Waals surface area contributed by atoms with Crippen molar-refractivity contribution in [2.24, 2.45) is 4.99 Å². The molecule has 0 saturated carbocycles. The summed E-state index contributed by atoms with van der Waals surface area (Å²) in [6.07, 6.45) is 3.14. The van der Waals surface area contributed by atoms with Crippen molar-refractivity contribution in [1.29, 1.82) is 0 Å². The van der Waals surface area contributed by atoms with Crippen LogP contribution in [0.25, 0.3) is 0 Å². The molecule has 1 saturated heterocycles. The lowest BCUT2D eigenvalue weighted by Gasteiger charge is -2.38. The Morgan fingerprint density at radius 3 is 2.59 bits per heavy atom. The minimum absolute atomic E-state index is 0. The minimum Gasteiger partial charge on any atom is -0.490 e. The minimum atomic E-state index is 0. The number of likely N-dealkylation sites (tertiary alicyclic amines) is 1. The molecule has 1 fully saturated rings. The number of nitrogens with one attached hydrogen (secondary N) is 2. The first-order valence-corrected chi connectivity index (χ1v) is 11.3. The number of piperidine rings is 1. The van der Waals surface area contributed by atoms with Gasteiger partial charge in [0.2, 0.25) is 0 Å². The lowest BCUT2D eigenvalue weighted by Crippen LogP contribution is -2.51. The molecule has 2 aliphatic rings. The largest absolute Gasteiger partial charge is 0.490 e. The second kappa shape index (κ2) is 12.3. The van der Waals surface area contributed by atoms with Gasteiger partial charge in [-0.1, -0.05) is 36.4 Å². The van der Waals surface area contributed by atoms with Crippen LogP contribution in [0.4, 0.5) is 0 Å². The molecule has 0 amide bonds. The van der Waals surface area contributed by atoms with Crippen LogP contribution in [-0.4, -0.2) is 49.7 Å². The molecule has 0 spiro atoms. The van der Waals surface area contributed by atoms with Crippen LogP contribution in [0.5, 0.6) is 11.5 Å². The van der Waals surface area contributed by atoms with Crippen molar-refractivity contribution in [3.05, 3.63) is 59.7 Å². The van der Waals surface area contributed by atoms with Crippen molar-refractivity contribution in [1.82, 2.24) is 15.5 Å². The number of halogens is 1. The summed E-state index contributed by atoms with van der Waals surface area (Å²) in [5, 5.41) is 7.07. The Morgan fingerprint density at radius 1 is 1.06 bits per heavy atom. The Labute approximate surface area is 208 Å². The van der Waals surface area contributed by atoms with E-state index in [0.717, 1.165) is 55.4 Å². The van der Waals surface area contributed by atoms with E-state index in [0.29, 0.717) is 31.8 Å². The van der Waals surface area contributed by atoms with E-state index in [-0.39, 0.29) is 24.0 Å². The molecular formula is C25H35IN4O2. The fourth-order valence-corrected chi connectivity index (χ4v) is 4.30. The number of guanidine groups is 1. The van der Waals surface area contributed by atoms with Crippen molar-refractivity contribution in [2.75, 3.05) is 26.8 Å². The maximum atomic E-state index is 5.80. The summed E-state index contributed by atoms with van der Waals surface area (Å²) in [6.45, 7) is 6.54. The highest BCUT2D eigenvalue weighted by Crippen LogP contribution is 2.30. The van der Waals surface area contributed by atoms with Gasteiger partial charge in [-0.05, 0) is 43.0 Å². The highest BCUT2D eigenvalue weighted by atomic mass is 127. The van der Waals surface area contributed by atoms with Crippen LogP contribution in [0.15, 0.2) is 53.5 Å². The zero-order chi connectivity index (χ0) is 21.5. The first-order chi connectivity index (χ1) is 15.2. The SMILES string of the molecule is CN=C(NCc1ccc2c(c1)OCCCO2)NC1CCN(Cc2ccccc2)C(C)C1.I. The van der Waals surface area contributed by atoms with Crippen molar-refractivity contribution in [3.63, 3.8) is 0 Å². The van der Waals surface area contributed by atoms with Gasteiger partial charge in [0.15, 0.2) is 17.5 Å². The smallest absolute Gasteiger partial charge is 0.191 e. The summed E-state index contributed by atoms with van der Waals surface area (Å²) < 4.78 is 11.5. The van der Waals surface area contributed by atoms with Gasteiger partial charge in [-0.3, -0.25) is 9.89 Å². The van der Waals surface area contributed by atoms with Crippen LogP contribution >= 0.6 is 24.0 Å². The maximum Gasteiger partial charge on any atom is 0.191 e. The summed E-state index contributed by atoms with van der Waals surface area (Å²) in [6, 6.07) is 17.8. The molecular weight excluding hydrogens is 515 g/mol. The van der Waals surface area contributed by atoms with Crippen LogP contribution in [0, 0.1) is 0 Å². The number of hydrogen-bond acceptors (Lipinski definition) is 4. The molecule has 0 aliphatic carbocycles. The average Bonchev–Trinajstić information content (AvgIpc) is 3.04. The topological polar surface area (TPSA) is 58.1 Å². The molecule has 2 aromatic rings. The van der Waals surface area contributed by atoms with Gasteiger partial charge >= 0.3 is 0 Å². The van der Waals surface area contributed by atoms with Gasteiger partial charge in [0.25, 0.3) is 0 Å². The normalized spacial score (nSPS) is 21.2. The van der Waals surface area contributed by atoms with Crippen LogP contribution in [-0.2, 0) is 13.1 Å². The molecule has 0 bridgehead atoms. The van der Waals surface area contributed by atoms with E-state index in [2.05, 4.69) is 69.9 Å². The molecule has 0 radical (unpaired) electrons. The molecule has 2 N–H and O–H groups in total. The number of hydrogen-bond donors (Lipinski definition) is 2. The Kier molecular flexibility index (Phi) is 9.47. The van der Waals surface area contributed by atoms with Crippen LogP contribution in [0.2, 0.25) is 0 Å². The van der Waals surface area contributed by atoms with E-state index in [4.69, 9.17) is 9.47 Å². The summed E-state index contributed by atoms with van der Waals surface area (Å²) in [4.78, 5) is 7.01. The Morgan fingerprint density at radius 2 is 1.84 bits per heavy atom. The molecule has 4 rings (SSSR count). The van der Waals surface area contributed by atoms with Gasteiger partial charge in [0.1, 0.15) is 0 Å². The Bertz CT molecular complexity index is 878. The summed E-state index contributed by atoms with van der Waals surface area (Å²) in [5.74, 6) is 2.51. The number of aliphatic imine (C=N–C) groups is 1. The molecule has 2 aromatic carbocycles. The lowest BCUT2D eigenvalue weighted by atomic mass is 9.97. The highest BCUT2D eigenvalue weighted by Gasteiger charge is 2.26. The van der Waals surface area contributed by atoms with Crippen molar-refractivity contribution >= 4 is 29.9 Å². The third-order valence-electron chi connectivity index (χ3n) is 6.08. The van der Waals surface area contributed by atoms with Crippen molar-refractivity contribution in [3.8, 4) is 11.5 Å². The molecule has 2 unspecified atom stereocenters. The second-order valence-electron chi connectivity index (χ2n) is 8.43. The molecule has 6 nitrogen and oxygen atoms in total. The summed E-state index contributed by atoms with van der Waals surface area (Å²) in [5.41, 5.74) is 2.53. The molecule has 2 atom stereocenters. The summed E-state index contributed by atoms with van der Waals surface area (Å²) >= 11 is 0. The number of ether oxygens (including phenoxy) is 2. The fourth-order valence-electron chi connectivity index (χ4n) is 4.30. The van der Waals surface area contributed by atoms with E-state index < -0.39 is 0 Å². The van der Waals surface area contributed by atoms with Gasteiger partial charge in [-0.25, -0.2) is 0 Å². The molecule has 2 heterocycles. The van der Waals surface area contributed by atoms with Crippen LogP contribution in [0.3, 0.4) is 0 Å². The van der Waals surface area contributed by atoms with Crippen LogP contribution in [0.1, 0.15) is 37.3 Å². The maximum absolute atomic E-state index is 5.80. The number of fused-ring (bicyclic) bond motifs is 1. The number of benzene rings is 2. The number of rotatable bonds is 5. The number of nitrogens with zero attached hydrogens (tertiary/aromatic N) is 2. The van der Waals surface area contributed by atoms with Crippen molar-refractivity contribution in [2.45, 2.75) is 51.4 Å². The predicted molar refractivity (Wildman–Crippen MR) is 140 cm³/mol. The quantitative estimate of drug-likeness (QED) is 0.333. The van der Waals surface area contributed by atoms with Gasteiger partial charge in [-0.2, -0.15) is 0 Å². The summed E-state index contributed by atoms with van der Waals surface area (Å²) in [7, 11) is 1.83. The van der Waals surface area contributed by atoms with Gasteiger partial charge in [0.05, 0.1) is 13.2 Å². The molecule has 2 aliphatic heterocycles. The van der Waals surface area contributed by atoms with Gasteiger partial charge in [0, 0.05) is 45.2 Å². The standard InChI is InChI=1S/C25H34N4O2.HI/c1-19-15-22(11-12-29(19)18-20-7-4-3-5-8-20)28-25(26-2)27-17-21-9-10-23-24(16-21)31-14-6-13-30-23;/h3-5,7-10,16,19,22H,6,11-15,17-18H2,1-2H3,(H2,26,27,28);1H. The third-order valence-corrected chi connectivity index (χ3v) is 6.08. The van der Waals surface area contributed by atoms with E-state index in [9.17, 15) is 0 Å².